The Balaban J connectivity index is 2.00. The third-order valence-corrected chi connectivity index (χ3v) is 3.88. The van der Waals surface area contributed by atoms with Gasteiger partial charge in [0.15, 0.2) is 0 Å². The van der Waals surface area contributed by atoms with E-state index in [2.05, 4.69) is 4.98 Å². The summed E-state index contributed by atoms with van der Waals surface area (Å²) < 4.78 is 5.86. The van der Waals surface area contributed by atoms with Crippen LogP contribution in [0.25, 0.3) is 10.9 Å². The first-order valence-corrected chi connectivity index (χ1v) is 6.38. The molecule has 0 spiro atoms. The van der Waals surface area contributed by atoms with Crippen LogP contribution >= 0.6 is 11.6 Å². The lowest BCUT2D eigenvalue weighted by Gasteiger charge is -2.42. The zero-order chi connectivity index (χ0) is 12.8. The Bertz CT molecular complexity index is 597. The van der Waals surface area contributed by atoms with Crippen LogP contribution in [0.1, 0.15) is 19.8 Å². The third-order valence-electron chi connectivity index (χ3n) is 3.55. The molecule has 0 aliphatic heterocycles. The predicted octanol–water partition coefficient (Wildman–Crippen LogP) is 3.18. The minimum atomic E-state index is -0.735. The quantitative estimate of drug-likeness (QED) is 0.905. The van der Waals surface area contributed by atoms with Crippen molar-refractivity contribution in [1.29, 1.82) is 0 Å². The van der Waals surface area contributed by atoms with Crippen LogP contribution in [0.2, 0.25) is 5.02 Å². The molecule has 3 rings (SSSR count). The van der Waals surface area contributed by atoms with Gasteiger partial charge in [-0.05, 0) is 44.0 Å². The zero-order valence-electron chi connectivity index (χ0n) is 10.1. The molecule has 0 unspecified atom stereocenters. The summed E-state index contributed by atoms with van der Waals surface area (Å²) in [7, 11) is 0. The molecule has 2 aromatic rings. The van der Waals surface area contributed by atoms with Crippen LogP contribution in [-0.4, -0.2) is 21.8 Å². The Labute approximate surface area is 110 Å². The van der Waals surface area contributed by atoms with Crippen LogP contribution < -0.4 is 4.74 Å². The normalized spacial score (nSPS) is 26.9. The van der Waals surface area contributed by atoms with Crippen LogP contribution in [0, 0.1) is 0 Å². The van der Waals surface area contributed by atoms with E-state index in [0.29, 0.717) is 10.8 Å². The Hall–Kier alpha value is -1.32. The molecule has 4 heteroatoms. The molecule has 3 nitrogen and oxygen atoms in total. The van der Waals surface area contributed by atoms with E-state index in [-0.39, 0.29) is 6.10 Å². The summed E-state index contributed by atoms with van der Waals surface area (Å²) in [6.45, 7) is 1.80. The minimum absolute atomic E-state index is 0.163. The molecule has 0 bridgehead atoms. The summed E-state index contributed by atoms with van der Waals surface area (Å²) in [6, 6.07) is 7.37. The first-order valence-electron chi connectivity index (χ1n) is 6.00. The maximum Gasteiger partial charge on any atom is 0.146 e. The summed E-state index contributed by atoms with van der Waals surface area (Å²) in [5.74, 6) is 0.681. The topological polar surface area (TPSA) is 42.4 Å². The van der Waals surface area contributed by atoms with Crippen molar-refractivity contribution in [2.24, 2.45) is 0 Å². The Morgan fingerprint density at radius 2 is 2.28 bits per heavy atom. The fraction of sp³-hybridized carbons (Fsp3) is 0.357. The van der Waals surface area contributed by atoms with Gasteiger partial charge in [0.1, 0.15) is 17.4 Å². The maximum atomic E-state index is 9.99. The van der Waals surface area contributed by atoms with Gasteiger partial charge in [-0.25, -0.2) is 0 Å². The minimum Gasteiger partial charge on any atom is -0.485 e. The molecule has 0 amide bonds. The molecular formula is C14H14ClNO2. The zero-order valence-corrected chi connectivity index (χ0v) is 10.8. The fourth-order valence-corrected chi connectivity index (χ4v) is 2.44. The van der Waals surface area contributed by atoms with Gasteiger partial charge >= 0.3 is 0 Å². The number of benzene rings is 1. The van der Waals surface area contributed by atoms with E-state index in [4.69, 9.17) is 16.3 Å². The molecule has 1 aliphatic carbocycles. The number of hydrogen-bond donors (Lipinski definition) is 1. The highest BCUT2D eigenvalue weighted by Gasteiger charge is 2.43. The average molecular weight is 264 g/mol. The van der Waals surface area contributed by atoms with Gasteiger partial charge in [-0.2, -0.15) is 0 Å². The molecule has 1 saturated carbocycles. The maximum absolute atomic E-state index is 9.99. The second-order valence-electron chi connectivity index (χ2n) is 4.95. The lowest BCUT2D eigenvalue weighted by molar-refractivity contribution is -0.117. The molecule has 94 valence electrons. The van der Waals surface area contributed by atoms with E-state index in [9.17, 15) is 5.11 Å². The molecule has 1 N–H and O–H groups in total. The van der Waals surface area contributed by atoms with Crippen molar-refractivity contribution in [3.63, 3.8) is 0 Å². The highest BCUT2D eigenvalue weighted by molar-refractivity contribution is 6.35. The Morgan fingerprint density at radius 1 is 1.44 bits per heavy atom. The summed E-state index contributed by atoms with van der Waals surface area (Å²) >= 11 is 6.12. The highest BCUT2D eigenvalue weighted by atomic mass is 35.5. The molecule has 1 heterocycles. The molecule has 1 aromatic carbocycles. The number of fused-ring (bicyclic) bond motifs is 1. The summed E-state index contributed by atoms with van der Waals surface area (Å²) in [5, 5.41) is 11.5. The van der Waals surface area contributed by atoms with E-state index in [1.54, 1.807) is 19.2 Å². The molecule has 1 aliphatic rings. The van der Waals surface area contributed by atoms with E-state index in [1.165, 1.54) is 0 Å². The van der Waals surface area contributed by atoms with Crippen molar-refractivity contribution in [3.8, 4) is 5.75 Å². The summed E-state index contributed by atoms with van der Waals surface area (Å²) in [6.07, 6.45) is 3.19. The molecule has 1 aromatic heterocycles. The van der Waals surface area contributed by atoms with Crippen LogP contribution in [0.15, 0.2) is 30.5 Å². The fourth-order valence-electron chi connectivity index (χ4n) is 2.23. The van der Waals surface area contributed by atoms with Crippen LogP contribution in [-0.2, 0) is 0 Å². The van der Waals surface area contributed by atoms with Gasteiger partial charge in [-0.15, -0.1) is 0 Å². The SMILES string of the molecule is C[C@]1(O)CC[C@@H]1Oc1ccc(Cl)c2cccnc12. The number of halogens is 1. The smallest absolute Gasteiger partial charge is 0.146 e. The number of pyridine rings is 1. The van der Waals surface area contributed by atoms with E-state index < -0.39 is 5.60 Å². The van der Waals surface area contributed by atoms with Crippen molar-refractivity contribution in [1.82, 2.24) is 4.98 Å². The second-order valence-corrected chi connectivity index (χ2v) is 5.35. The lowest BCUT2D eigenvalue weighted by atomic mass is 9.78. The van der Waals surface area contributed by atoms with Crippen molar-refractivity contribution < 1.29 is 9.84 Å². The van der Waals surface area contributed by atoms with Crippen molar-refractivity contribution in [2.45, 2.75) is 31.5 Å². The van der Waals surface area contributed by atoms with E-state index in [1.807, 2.05) is 18.2 Å². The first-order chi connectivity index (χ1) is 8.58. The molecule has 2 atom stereocenters. The van der Waals surface area contributed by atoms with Gasteiger partial charge in [0.2, 0.25) is 0 Å². The Morgan fingerprint density at radius 3 is 2.94 bits per heavy atom. The Kier molecular flexibility index (Phi) is 2.68. The lowest BCUT2D eigenvalue weighted by Crippen LogP contribution is -2.52. The third kappa shape index (κ3) is 1.84. The van der Waals surface area contributed by atoms with E-state index >= 15 is 0 Å². The molecule has 0 radical (unpaired) electrons. The highest BCUT2D eigenvalue weighted by Crippen LogP contribution is 2.37. The molecule has 18 heavy (non-hydrogen) atoms. The summed E-state index contributed by atoms with van der Waals surface area (Å²) in [5.41, 5.74) is 0.00786. The number of aliphatic hydroxyl groups is 1. The van der Waals surface area contributed by atoms with Crippen molar-refractivity contribution in [2.75, 3.05) is 0 Å². The van der Waals surface area contributed by atoms with Gasteiger partial charge in [0.05, 0.1) is 10.6 Å². The standard InChI is InChI=1S/C14H14ClNO2/c1-14(17)7-6-12(14)18-11-5-4-10(15)9-3-2-8-16-13(9)11/h2-5,8,12,17H,6-7H2,1H3/t12-,14-/m0/s1. The van der Waals surface area contributed by atoms with E-state index in [0.717, 1.165) is 23.7 Å². The van der Waals surface area contributed by atoms with Gasteiger partial charge in [-0.3, -0.25) is 4.98 Å². The molecule has 1 fully saturated rings. The monoisotopic (exact) mass is 263 g/mol. The van der Waals surface area contributed by atoms with Crippen LogP contribution in [0.3, 0.4) is 0 Å². The number of rotatable bonds is 2. The van der Waals surface area contributed by atoms with Gasteiger partial charge in [0.25, 0.3) is 0 Å². The number of ether oxygens (including phenoxy) is 1. The van der Waals surface area contributed by atoms with Crippen LogP contribution in [0.4, 0.5) is 0 Å². The van der Waals surface area contributed by atoms with Gasteiger partial charge < -0.3 is 9.84 Å². The van der Waals surface area contributed by atoms with Crippen molar-refractivity contribution >= 4 is 22.5 Å². The predicted molar refractivity (Wildman–Crippen MR) is 71.0 cm³/mol. The number of aromatic nitrogens is 1. The first kappa shape index (κ1) is 11.8. The largest absolute Gasteiger partial charge is 0.485 e. The summed E-state index contributed by atoms with van der Waals surface area (Å²) in [4.78, 5) is 4.31. The average Bonchev–Trinajstić information content (AvgIpc) is 2.37. The van der Waals surface area contributed by atoms with Crippen LogP contribution in [0.5, 0.6) is 5.75 Å². The molecular weight excluding hydrogens is 250 g/mol. The number of hydrogen-bond acceptors (Lipinski definition) is 3. The number of nitrogens with zero attached hydrogens (tertiary/aromatic N) is 1. The van der Waals surface area contributed by atoms with Gasteiger partial charge in [0, 0.05) is 11.6 Å². The molecule has 0 saturated heterocycles. The second kappa shape index (κ2) is 4.11. The van der Waals surface area contributed by atoms with Crippen molar-refractivity contribution in [3.05, 3.63) is 35.5 Å². The van der Waals surface area contributed by atoms with Gasteiger partial charge in [-0.1, -0.05) is 11.6 Å².